The van der Waals surface area contributed by atoms with Crippen molar-refractivity contribution in [3.63, 3.8) is 0 Å². The van der Waals surface area contributed by atoms with Gasteiger partial charge in [-0.05, 0) is 58.0 Å². The van der Waals surface area contributed by atoms with Crippen molar-refractivity contribution in [3.8, 4) is 5.69 Å². The van der Waals surface area contributed by atoms with Crippen LogP contribution in [-0.4, -0.2) is 47.9 Å². The van der Waals surface area contributed by atoms with E-state index in [0.29, 0.717) is 27.5 Å². The summed E-state index contributed by atoms with van der Waals surface area (Å²) in [5.74, 6) is -0.966. The molecule has 0 saturated carbocycles. The maximum Gasteiger partial charge on any atom is 0.329 e. The van der Waals surface area contributed by atoms with Gasteiger partial charge in [-0.3, -0.25) is 14.2 Å². The maximum absolute atomic E-state index is 13.2. The first-order valence-electron chi connectivity index (χ1n) is 11.7. The molecular weight excluding hydrogens is 543 g/mol. The average molecular weight is 567 g/mol. The van der Waals surface area contributed by atoms with Gasteiger partial charge in [-0.15, -0.1) is 5.10 Å². The number of hydrogen-bond acceptors (Lipinski definition) is 6. The summed E-state index contributed by atoms with van der Waals surface area (Å²) in [5, 5.41) is 17.1. The van der Waals surface area contributed by atoms with Crippen molar-refractivity contribution >= 4 is 42.8 Å². The summed E-state index contributed by atoms with van der Waals surface area (Å²) in [6.07, 6.45) is 4.09. The minimum Gasteiger partial charge on any atom is -0.340 e. The van der Waals surface area contributed by atoms with Crippen LogP contribution >= 0.6 is 19.2 Å². The van der Waals surface area contributed by atoms with Crippen LogP contribution in [0, 0.1) is 0 Å². The van der Waals surface area contributed by atoms with E-state index >= 15 is 0 Å². The summed E-state index contributed by atoms with van der Waals surface area (Å²) >= 11 is 6.14. The van der Waals surface area contributed by atoms with Gasteiger partial charge in [-0.25, -0.2) is 0 Å². The summed E-state index contributed by atoms with van der Waals surface area (Å²) < 4.78 is 12.7. The number of nitrogens with zero attached hydrogens (tertiary/aromatic N) is 4. The Balaban J connectivity index is 1.50. The minimum atomic E-state index is -4.21. The minimum absolute atomic E-state index is 0.232. The van der Waals surface area contributed by atoms with Crippen molar-refractivity contribution in [1.29, 1.82) is 0 Å². The van der Waals surface area contributed by atoms with Gasteiger partial charge in [0, 0.05) is 28.8 Å². The highest BCUT2D eigenvalue weighted by molar-refractivity contribution is 7.50. The number of amides is 2. The Labute approximate surface area is 228 Å². The lowest BCUT2D eigenvalue weighted by molar-refractivity contribution is -0.123. The van der Waals surface area contributed by atoms with Gasteiger partial charge in [0.15, 0.2) is 0 Å². The monoisotopic (exact) mass is 566 g/mol. The number of anilines is 1. The number of aromatic nitrogens is 4. The van der Waals surface area contributed by atoms with Gasteiger partial charge in [0.2, 0.25) is 11.8 Å². The van der Waals surface area contributed by atoms with E-state index in [1.54, 1.807) is 36.4 Å². The van der Waals surface area contributed by atoms with Crippen LogP contribution in [0.5, 0.6) is 0 Å². The lowest BCUT2D eigenvalue weighted by Crippen LogP contribution is -2.44. The third-order valence-electron chi connectivity index (χ3n) is 5.53. The van der Waals surface area contributed by atoms with Gasteiger partial charge in [0.25, 0.3) is 0 Å². The Kier molecular flexibility index (Phi) is 9.00. The van der Waals surface area contributed by atoms with E-state index in [4.69, 9.17) is 21.4 Å². The van der Waals surface area contributed by atoms with Crippen LogP contribution in [-0.2, 0) is 26.7 Å². The van der Waals surface area contributed by atoms with Crippen molar-refractivity contribution in [2.45, 2.75) is 18.6 Å². The van der Waals surface area contributed by atoms with Crippen LogP contribution in [0.4, 0.5) is 5.69 Å². The summed E-state index contributed by atoms with van der Waals surface area (Å²) in [4.78, 5) is 44.4. The van der Waals surface area contributed by atoms with Gasteiger partial charge in [-0.1, -0.05) is 54.1 Å². The molecule has 0 fully saturated rings. The van der Waals surface area contributed by atoms with Crippen LogP contribution in [0.25, 0.3) is 11.8 Å². The number of benzene rings is 3. The van der Waals surface area contributed by atoms with Crippen LogP contribution < -0.4 is 10.6 Å². The molecule has 4 N–H and O–H groups in total. The molecule has 2 amide bonds. The molecule has 39 heavy (non-hydrogen) atoms. The highest BCUT2D eigenvalue weighted by atomic mass is 35.5. The first-order chi connectivity index (χ1) is 18.7. The predicted octanol–water partition coefficient (Wildman–Crippen LogP) is 3.37. The van der Waals surface area contributed by atoms with Crippen molar-refractivity contribution in [2.24, 2.45) is 0 Å². The predicted molar refractivity (Wildman–Crippen MR) is 146 cm³/mol. The van der Waals surface area contributed by atoms with E-state index in [2.05, 4.69) is 26.2 Å². The summed E-state index contributed by atoms with van der Waals surface area (Å²) in [5.41, 5.74) is 2.89. The molecule has 0 spiro atoms. The molecule has 3 aromatic carbocycles. The first-order valence-corrected chi connectivity index (χ1v) is 13.8. The van der Waals surface area contributed by atoms with Crippen LogP contribution in [0.1, 0.15) is 16.7 Å². The standard InChI is InChI=1S/C26H24ClN6O5P/c27-21-9-12-24(33-17-28-31-32-33)20(15-21)8-13-25(34)30-23(14-18-4-2-1-3-5-18)26(35)29-22-10-6-19(7-11-22)16-39(36,37)38/h1-13,15,17,23H,14,16H2,(H,29,35)(H,30,34)(H2,36,37,38)/b13-8+/t23-/m0/s1. The fourth-order valence-electron chi connectivity index (χ4n) is 3.74. The van der Waals surface area contributed by atoms with E-state index in [1.165, 1.54) is 29.2 Å². The quantitative estimate of drug-likeness (QED) is 0.168. The molecule has 1 aromatic heterocycles. The van der Waals surface area contributed by atoms with Gasteiger partial charge in [0.05, 0.1) is 11.8 Å². The molecule has 1 atom stereocenters. The average Bonchev–Trinajstić information content (AvgIpc) is 3.43. The Morgan fingerprint density at radius 2 is 1.77 bits per heavy atom. The van der Waals surface area contributed by atoms with E-state index < -0.39 is 31.6 Å². The van der Waals surface area contributed by atoms with Gasteiger partial charge in [0.1, 0.15) is 12.4 Å². The second kappa shape index (κ2) is 12.6. The van der Waals surface area contributed by atoms with E-state index in [1.807, 2.05) is 30.3 Å². The molecule has 4 rings (SSSR count). The lowest BCUT2D eigenvalue weighted by atomic mass is 10.0. The molecule has 0 aliphatic carbocycles. The van der Waals surface area contributed by atoms with Gasteiger partial charge >= 0.3 is 7.60 Å². The third kappa shape index (κ3) is 8.42. The zero-order chi connectivity index (χ0) is 27.8. The summed E-state index contributed by atoms with van der Waals surface area (Å²) in [7, 11) is -4.21. The Bertz CT molecular complexity index is 1510. The fourth-order valence-corrected chi connectivity index (χ4v) is 4.61. The second-order valence-corrected chi connectivity index (χ2v) is 10.6. The molecule has 1 heterocycles. The number of halogens is 1. The zero-order valence-electron chi connectivity index (χ0n) is 20.4. The number of carbonyl (C=O) groups is 2. The molecule has 4 aromatic rings. The van der Waals surface area contributed by atoms with E-state index in [9.17, 15) is 14.2 Å². The van der Waals surface area contributed by atoms with E-state index in [0.717, 1.165) is 5.56 Å². The molecule has 0 saturated heterocycles. The largest absolute Gasteiger partial charge is 0.340 e. The first kappa shape index (κ1) is 27.9. The summed E-state index contributed by atoms with van der Waals surface area (Å²) in [6, 6.07) is 19.5. The summed E-state index contributed by atoms with van der Waals surface area (Å²) in [6.45, 7) is 0. The molecular formula is C26H24ClN6O5P. The third-order valence-corrected chi connectivity index (χ3v) is 6.54. The number of carbonyl (C=O) groups excluding carboxylic acids is 2. The molecule has 0 unspecified atom stereocenters. The van der Waals surface area contributed by atoms with Crippen molar-refractivity contribution in [2.75, 3.05) is 5.32 Å². The highest BCUT2D eigenvalue weighted by Crippen LogP contribution is 2.39. The maximum atomic E-state index is 13.2. The van der Waals surface area contributed by atoms with E-state index in [-0.39, 0.29) is 6.42 Å². The number of rotatable bonds is 10. The highest BCUT2D eigenvalue weighted by Gasteiger charge is 2.21. The van der Waals surface area contributed by atoms with Crippen molar-refractivity contribution in [3.05, 3.63) is 107 Å². The van der Waals surface area contributed by atoms with Crippen LogP contribution in [0.15, 0.2) is 85.2 Å². The molecule has 11 nitrogen and oxygen atoms in total. The topological polar surface area (TPSA) is 159 Å². The van der Waals surface area contributed by atoms with Crippen LogP contribution in [0.2, 0.25) is 5.02 Å². The Morgan fingerprint density at radius 3 is 2.44 bits per heavy atom. The Hall–Kier alpha value is -4.15. The number of hydrogen-bond donors (Lipinski definition) is 4. The van der Waals surface area contributed by atoms with Crippen molar-refractivity contribution < 1.29 is 23.9 Å². The van der Waals surface area contributed by atoms with Crippen molar-refractivity contribution in [1.82, 2.24) is 25.5 Å². The van der Waals surface area contributed by atoms with Crippen LogP contribution in [0.3, 0.4) is 0 Å². The van der Waals surface area contributed by atoms with Gasteiger partial charge in [-0.2, -0.15) is 4.68 Å². The normalized spacial score (nSPS) is 12.3. The smallest absolute Gasteiger partial charge is 0.329 e. The molecule has 0 aliphatic heterocycles. The number of nitrogens with one attached hydrogen (secondary N) is 2. The molecule has 0 radical (unpaired) electrons. The lowest BCUT2D eigenvalue weighted by Gasteiger charge is -2.18. The molecule has 13 heteroatoms. The number of tetrazole rings is 1. The molecule has 0 aliphatic rings. The SMILES string of the molecule is O=C(/C=C/c1cc(Cl)ccc1-n1cnnn1)N[C@@H](Cc1ccccc1)C(=O)Nc1ccc(CP(=O)(O)O)cc1. The molecule has 0 bridgehead atoms. The second-order valence-electron chi connectivity index (χ2n) is 8.55. The fraction of sp³-hybridized carbons (Fsp3) is 0.115. The zero-order valence-corrected chi connectivity index (χ0v) is 22.0. The Morgan fingerprint density at radius 1 is 1.03 bits per heavy atom. The van der Waals surface area contributed by atoms with Gasteiger partial charge < -0.3 is 20.4 Å². The molecule has 200 valence electrons.